The first-order valence-electron chi connectivity index (χ1n) is 12.8. The van der Waals surface area contributed by atoms with Crippen LogP contribution in [0.25, 0.3) is 11.1 Å². The Morgan fingerprint density at radius 2 is 1.64 bits per heavy atom. The largest absolute Gasteiger partial charge is 0.495 e. The van der Waals surface area contributed by atoms with Crippen LogP contribution in [0.3, 0.4) is 0 Å². The number of nitrogens with one attached hydrogen (secondary N) is 2. The van der Waals surface area contributed by atoms with E-state index in [0.717, 1.165) is 55.7 Å². The summed E-state index contributed by atoms with van der Waals surface area (Å²) in [5, 5.41) is 3.72. The highest BCUT2D eigenvalue weighted by Gasteiger charge is 2.23. The quantitative estimate of drug-likeness (QED) is 0.436. The van der Waals surface area contributed by atoms with E-state index in [1.807, 2.05) is 18.2 Å². The zero-order valence-corrected chi connectivity index (χ0v) is 21.7. The summed E-state index contributed by atoms with van der Waals surface area (Å²) < 4.78 is 34.7. The number of likely N-dealkylation sites (tertiary alicyclic amines) is 1. The van der Waals surface area contributed by atoms with E-state index in [4.69, 9.17) is 4.74 Å². The van der Waals surface area contributed by atoms with Crippen molar-refractivity contribution in [3.63, 3.8) is 0 Å². The van der Waals surface area contributed by atoms with Gasteiger partial charge in [-0.15, -0.1) is 0 Å². The van der Waals surface area contributed by atoms with Crippen molar-refractivity contribution in [1.29, 1.82) is 0 Å². The van der Waals surface area contributed by atoms with E-state index in [1.165, 1.54) is 31.1 Å². The van der Waals surface area contributed by atoms with E-state index in [9.17, 15) is 8.42 Å². The van der Waals surface area contributed by atoms with Crippen LogP contribution in [0.2, 0.25) is 0 Å². The van der Waals surface area contributed by atoms with Crippen molar-refractivity contribution in [2.75, 3.05) is 33.3 Å². The fourth-order valence-corrected chi connectivity index (χ4v) is 6.60. The van der Waals surface area contributed by atoms with Gasteiger partial charge in [0.05, 0.1) is 7.11 Å². The lowest BCUT2D eigenvalue weighted by Crippen LogP contribution is -2.33. The van der Waals surface area contributed by atoms with E-state index in [2.05, 4.69) is 51.3 Å². The van der Waals surface area contributed by atoms with Crippen LogP contribution in [0.5, 0.6) is 5.75 Å². The van der Waals surface area contributed by atoms with Crippen molar-refractivity contribution in [1.82, 2.24) is 14.9 Å². The molecule has 0 radical (unpaired) electrons. The Labute approximate surface area is 214 Å². The third-order valence-electron chi connectivity index (χ3n) is 7.33. The van der Waals surface area contributed by atoms with Gasteiger partial charge < -0.3 is 15.0 Å². The maximum atomic E-state index is 13.2. The number of nitrogens with zero attached hydrogens (tertiary/aromatic N) is 1. The molecule has 0 bridgehead atoms. The third kappa shape index (κ3) is 5.65. The van der Waals surface area contributed by atoms with Crippen LogP contribution in [-0.4, -0.2) is 52.6 Å². The predicted octanol–water partition coefficient (Wildman–Crippen LogP) is 3.99. The molecule has 0 saturated carbocycles. The lowest BCUT2D eigenvalue weighted by molar-refractivity contribution is 0.344. The van der Waals surface area contributed by atoms with Crippen LogP contribution in [-0.2, 0) is 29.4 Å². The molecule has 0 atom stereocenters. The van der Waals surface area contributed by atoms with Gasteiger partial charge in [0.15, 0.2) is 0 Å². The highest BCUT2D eigenvalue weighted by atomic mass is 32.2. The molecule has 1 aliphatic heterocycles. The number of sulfonamides is 1. The average molecular weight is 506 g/mol. The number of hydrogen-bond acceptors (Lipinski definition) is 5. The summed E-state index contributed by atoms with van der Waals surface area (Å²) in [6.45, 7) is 3.91. The predicted molar refractivity (Wildman–Crippen MR) is 144 cm³/mol. The molecule has 6 nitrogen and oxygen atoms in total. The van der Waals surface area contributed by atoms with Crippen LogP contribution >= 0.6 is 0 Å². The fourth-order valence-electron chi connectivity index (χ4n) is 5.39. The van der Waals surface area contributed by atoms with Crippen molar-refractivity contribution in [2.45, 2.75) is 43.2 Å². The normalized spacial score (nSPS) is 16.4. The van der Waals surface area contributed by atoms with Crippen LogP contribution in [0.1, 0.15) is 29.5 Å². The fraction of sp³-hybridized carbons (Fsp3) is 0.379. The summed E-state index contributed by atoms with van der Waals surface area (Å²) in [7, 11) is -2.20. The van der Waals surface area contributed by atoms with Crippen molar-refractivity contribution >= 4 is 10.0 Å². The zero-order valence-electron chi connectivity index (χ0n) is 20.9. The number of hydrogen-bond donors (Lipinski definition) is 2. The lowest BCUT2D eigenvalue weighted by atomic mass is 9.99. The number of methoxy groups -OCH3 is 1. The molecule has 5 rings (SSSR count). The summed E-state index contributed by atoms with van der Waals surface area (Å²) in [6.07, 6.45) is 4.44. The van der Waals surface area contributed by atoms with Crippen LogP contribution in [0.15, 0.2) is 71.6 Å². The molecule has 36 heavy (non-hydrogen) atoms. The molecule has 1 aliphatic carbocycles. The molecule has 0 spiro atoms. The van der Waals surface area contributed by atoms with Gasteiger partial charge in [-0.2, -0.15) is 0 Å². The molecule has 1 saturated heterocycles. The first-order valence-corrected chi connectivity index (χ1v) is 14.3. The molecule has 0 amide bonds. The molecular weight excluding hydrogens is 470 g/mol. The van der Waals surface area contributed by atoms with Gasteiger partial charge in [0.25, 0.3) is 0 Å². The summed E-state index contributed by atoms with van der Waals surface area (Å²) in [6, 6.07) is 22.7. The molecule has 3 aromatic rings. The Morgan fingerprint density at radius 1 is 0.944 bits per heavy atom. The second kappa shape index (κ2) is 11.1. The van der Waals surface area contributed by atoms with E-state index < -0.39 is 10.0 Å². The van der Waals surface area contributed by atoms with E-state index in [1.54, 1.807) is 12.1 Å². The molecular formula is C29H35N3O3S. The van der Waals surface area contributed by atoms with Gasteiger partial charge in [0.1, 0.15) is 10.6 Å². The zero-order chi connectivity index (χ0) is 25.0. The van der Waals surface area contributed by atoms with Gasteiger partial charge >= 0.3 is 0 Å². The van der Waals surface area contributed by atoms with E-state index in [-0.39, 0.29) is 4.90 Å². The molecule has 2 aliphatic rings. The summed E-state index contributed by atoms with van der Waals surface area (Å²) in [4.78, 5) is 2.47. The second-order valence-electron chi connectivity index (χ2n) is 9.72. The standard InChI is InChI=1S/C29H35N3O3S/c1-35-28-13-12-24(20-29(28)36(33,34)31-14-17-32-15-6-7-16-32)27-11-5-4-10-25(27)21-30-26-18-22-8-2-3-9-23(22)19-26/h2-5,8-13,20,26,30-31H,6-7,14-19,21H2,1H3. The van der Waals surface area contributed by atoms with Crippen molar-refractivity contribution in [3.8, 4) is 16.9 Å². The molecule has 1 fully saturated rings. The maximum absolute atomic E-state index is 13.2. The monoisotopic (exact) mass is 505 g/mol. The number of ether oxygens (including phenoxy) is 1. The Morgan fingerprint density at radius 3 is 2.36 bits per heavy atom. The minimum atomic E-state index is -3.71. The molecule has 7 heteroatoms. The molecule has 0 aromatic heterocycles. The highest BCUT2D eigenvalue weighted by Crippen LogP contribution is 2.32. The SMILES string of the molecule is COc1ccc(-c2ccccc2CNC2Cc3ccccc3C2)cc1S(=O)(=O)NCCN1CCCC1. The summed E-state index contributed by atoms with van der Waals surface area (Å²) in [5.41, 5.74) is 5.87. The smallest absolute Gasteiger partial charge is 0.244 e. The maximum Gasteiger partial charge on any atom is 0.244 e. The summed E-state index contributed by atoms with van der Waals surface area (Å²) in [5.74, 6) is 0.353. The topological polar surface area (TPSA) is 70.7 Å². The van der Waals surface area contributed by atoms with E-state index >= 15 is 0 Å². The van der Waals surface area contributed by atoms with Gasteiger partial charge in [-0.05, 0) is 78.7 Å². The molecule has 2 N–H and O–H groups in total. The van der Waals surface area contributed by atoms with Gasteiger partial charge in [-0.25, -0.2) is 13.1 Å². The van der Waals surface area contributed by atoms with Gasteiger partial charge in [0, 0.05) is 25.7 Å². The third-order valence-corrected chi connectivity index (χ3v) is 8.81. The van der Waals surface area contributed by atoms with E-state index in [0.29, 0.717) is 18.3 Å². The first-order chi connectivity index (χ1) is 17.5. The van der Waals surface area contributed by atoms with Crippen LogP contribution in [0, 0.1) is 0 Å². The van der Waals surface area contributed by atoms with Crippen molar-refractivity contribution in [2.24, 2.45) is 0 Å². The number of benzene rings is 3. The number of rotatable bonds is 10. The van der Waals surface area contributed by atoms with Crippen molar-refractivity contribution in [3.05, 3.63) is 83.4 Å². The van der Waals surface area contributed by atoms with Crippen LogP contribution < -0.4 is 14.8 Å². The van der Waals surface area contributed by atoms with Gasteiger partial charge in [-0.3, -0.25) is 0 Å². The number of fused-ring (bicyclic) bond motifs is 1. The minimum Gasteiger partial charge on any atom is -0.495 e. The Hall–Kier alpha value is -2.71. The Balaban J connectivity index is 1.32. The van der Waals surface area contributed by atoms with Crippen LogP contribution in [0.4, 0.5) is 0 Å². The first kappa shape index (κ1) is 25.0. The van der Waals surface area contributed by atoms with Gasteiger partial charge in [-0.1, -0.05) is 54.6 Å². The average Bonchev–Trinajstić information content (AvgIpc) is 3.57. The molecule has 3 aromatic carbocycles. The second-order valence-corrected chi connectivity index (χ2v) is 11.5. The molecule has 1 heterocycles. The summed E-state index contributed by atoms with van der Waals surface area (Å²) >= 11 is 0. The lowest BCUT2D eigenvalue weighted by Gasteiger charge is -2.18. The van der Waals surface area contributed by atoms with Gasteiger partial charge in [0.2, 0.25) is 10.0 Å². The van der Waals surface area contributed by atoms with Crippen molar-refractivity contribution < 1.29 is 13.2 Å². The molecule has 0 unspecified atom stereocenters. The Kier molecular flexibility index (Phi) is 7.72. The molecule has 190 valence electrons. The minimum absolute atomic E-state index is 0.179. The Bertz CT molecular complexity index is 1280. The highest BCUT2D eigenvalue weighted by molar-refractivity contribution is 7.89.